The van der Waals surface area contributed by atoms with Crippen LogP contribution < -0.4 is 43.8 Å². The molecule has 0 saturated heterocycles. The molecule has 0 bridgehead atoms. The number of rotatable bonds is 21. The summed E-state index contributed by atoms with van der Waals surface area (Å²) in [5, 5.41) is 21.7. The normalized spacial score (nSPS) is 13.7. The molecule has 0 aliphatic carbocycles. The van der Waals surface area contributed by atoms with Gasteiger partial charge in [-0.2, -0.15) is 0 Å². The van der Waals surface area contributed by atoms with Gasteiger partial charge in [0.15, 0.2) is 0 Å². The van der Waals surface area contributed by atoms with Crippen molar-refractivity contribution in [1.29, 1.82) is 0 Å². The van der Waals surface area contributed by atoms with E-state index in [2.05, 4.69) is 26.6 Å². The molecule has 0 saturated carbocycles. The first kappa shape index (κ1) is 41.3. The van der Waals surface area contributed by atoms with Crippen molar-refractivity contribution in [3.05, 3.63) is 71.8 Å². The highest BCUT2D eigenvalue weighted by molar-refractivity contribution is 5.98. The van der Waals surface area contributed by atoms with Crippen LogP contribution in [0.3, 0.4) is 0 Å². The van der Waals surface area contributed by atoms with Gasteiger partial charge in [0.05, 0.1) is 19.4 Å². The monoisotopic (exact) mass is 710 g/mol. The molecule has 2 aromatic rings. The van der Waals surface area contributed by atoms with Crippen molar-refractivity contribution in [2.45, 2.75) is 76.2 Å². The quantitative estimate of drug-likeness (QED) is 0.0670. The Kier molecular flexibility index (Phi) is 16.7. The number of carbonyl (C=O) groups excluding carboxylic acids is 7. The van der Waals surface area contributed by atoms with Crippen LogP contribution in [0.4, 0.5) is 0 Å². The van der Waals surface area contributed by atoms with Crippen molar-refractivity contribution in [2.24, 2.45) is 23.1 Å². The zero-order chi connectivity index (χ0) is 38.1. The standard InChI is InChI=1S/C34H46N8O9/c1-19(2)13-22(30(46)41-25(16-27(36)43)33(49)42-26(34(50)51)17-28(37)44)39-32(48)24(15-21-11-7-4-8-12-21)40-31(47)23(38-29(45)18-35)14-20-9-5-3-6-10-20/h3-12,19,22-26H,13-18,35H2,1-2H3,(H2,36,43)(H2,37,44)(H,38,45)(H,39,48)(H,40,47)(H,41,46)(H,42,49)(H,50,51)/t22-,23-,24-,25-,26-/m0/s1. The van der Waals surface area contributed by atoms with E-state index in [1.807, 2.05) is 0 Å². The van der Waals surface area contributed by atoms with Gasteiger partial charge in [-0.1, -0.05) is 74.5 Å². The van der Waals surface area contributed by atoms with Gasteiger partial charge in [0.25, 0.3) is 0 Å². The largest absolute Gasteiger partial charge is 0.480 e. The van der Waals surface area contributed by atoms with Crippen molar-refractivity contribution in [3.63, 3.8) is 0 Å². The molecule has 2 aromatic carbocycles. The van der Waals surface area contributed by atoms with Gasteiger partial charge >= 0.3 is 5.97 Å². The summed E-state index contributed by atoms with van der Waals surface area (Å²) in [5.41, 5.74) is 17.2. The minimum atomic E-state index is -1.75. The summed E-state index contributed by atoms with van der Waals surface area (Å²) >= 11 is 0. The molecule has 0 unspecified atom stereocenters. The number of hydrogen-bond acceptors (Lipinski definition) is 9. The number of primary amides is 2. The maximum Gasteiger partial charge on any atom is 0.326 e. The third kappa shape index (κ3) is 15.1. The zero-order valence-electron chi connectivity index (χ0n) is 28.4. The Hall–Kier alpha value is -5.84. The lowest BCUT2D eigenvalue weighted by Gasteiger charge is -2.27. The number of benzene rings is 2. The topological polar surface area (TPSA) is 295 Å². The minimum absolute atomic E-state index is 0.0134. The lowest BCUT2D eigenvalue weighted by atomic mass is 9.99. The fraction of sp³-hybridized carbons (Fsp3) is 0.412. The van der Waals surface area contributed by atoms with Gasteiger partial charge in [0, 0.05) is 12.8 Å². The zero-order valence-corrected chi connectivity index (χ0v) is 28.4. The minimum Gasteiger partial charge on any atom is -0.480 e. The molecule has 0 aromatic heterocycles. The first-order valence-corrected chi connectivity index (χ1v) is 16.2. The molecule has 51 heavy (non-hydrogen) atoms. The molecule has 276 valence electrons. The molecule has 0 heterocycles. The molecular weight excluding hydrogens is 664 g/mol. The van der Waals surface area contributed by atoms with Crippen LogP contribution in [0.2, 0.25) is 0 Å². The lowest BCUT2D eigenvalue weighted by Crippen LogP contribution is -2.60. The average molecular weight is 711 g/mol. The van der Waals surface area contributed by atoms with E-state index in [1.54, 1.807) is 74.5 Å². The average Bonchev–Trinajstić information content (AvgIpc) is 3.06. The summed E-state index contributed by atoms with van der Waals surface area (Å²) in [6.07, 6.45) is -1.40. The number of hydrogen-bond donors (Lipinski definition) is 9. The van der Waals surface area contributed by atoms with Gasteiger partial charge in [-0.3, -0.25) is 33.6 Å². The van der Waals surface area contributed by atoms with Crippen LogP contribution in [-0.2, 0) is 51.2 Å². The van der Waals surface area contributed by atoms with E-state index in [9.17, 15) is 43.5 Å². The van der Waals surface area contributed by atoms with Gasteiger partial charge < -0.3 is 48.9 Å². The second kappa shape index (κ2) is 20.6. The first-order valence-electron chi connectivity index (χ1n) is 16.2. The van der Waals surface area contributed by atoms with Gasteiger partial charge in [0.2, 0.25) is 41.4 Å². The molecule has 0 fully saturated rings. The van der Waals surface area contributed by atoms with E-state index in [-0.39, 0.29) is 31.7 Å². The van der Waals surface area contributed by atoms with Crippen LogP contribution in [0.5, 0.6) is 0 Å². The van der Waals surface area contributed by atoms with Crippen molar-refractivity contribution in [3.8, 4) is 0 Å². The van der Waals surface area contributed by atoms with Crippen molar-refractivity contribution >= 4 is 47.3 Å². The Morgan fingerprint density at radius 2 is 0.941 bits per heavy atom. The molecule has 2 rings (SSSR count). The van der Waals surface area contributed by atoms with Crippen LogP contribution in [0.25, 0.3) is 0 Å². The summed E-state index contributed by atoms with van der Waals surface area (Å²) in [6, 6.07) is 10.5. The van der Waals surface area contributed by atoms with Gasteiger partial charge in [-0.05, 0) is 23.5 Å². The van der Waals surface area contributed by atoms with E-state index in [0.717, 1.165) is 5.56 Å². The Bertz CT molecular complexity index is 1540. The second-order valence-corrected chi connectivity index (χ2v) is 12.3. The summed E-state index contributed by atoms with van der Waals surface area (Å²) < 4.78 is 0. The molecule has 7 amide bonds. The van der Waals surface area contributed by atoms with E-state index in [1.165, 1.54) is 0 Å². The molecule has 12 N–H and O–H groups in total. The van der Waals surface area contributed by atoms with E-state index in [0.29, 0.717) is 5.56 Å². The molecule has 0 aliphatic rings. The summed E-state index contributed by atoms with van der Waals surface area (Å²) in [7, 11) is 0. The van der Waals surface area contributed by atoms with Crippen molar-refractivity contribution < 1.29 is 43.5 Å². The fourth-order valence-corrected chi connectivity index (χ4v) is 4.98. The van der Waals surface area contributed by atoms with Gasteiger partial charge in [-0.15, -0.1) is 0 Å². The summed E-state index contributed by atoms with van der Waals surface area (Å²) in [6.45, 7) is 3.15. The highest BCUT2D eigenvalue weighted by Gasteiger charge is 2.34. The van der Waals surface area contributed by atoms with Crippen LogP contribution in [0.1, 0.15) is 44.2 Å². The maximum atomic E-state index is 13.9. The second-order valence-electron chi connectivity index (χ2n) is 12.3. The Morgan fingerprint density at radius 3 is 1.37 bits per heavy atom. The maximum absolute atomic E-state index is 13.9. The predicted molar refractivity (Wildman–Crippen MR) is 184 cm³/mol. The Morgan fingerprint density at radius 1 is 0.569 bits per heavy atom. The van der Waals surface area contributed by atoms with E-state index < -0.39 is 90.4 Å². The third-order valence-corrected chi connectivity index (χ3v) is 7.43. The van der Waals surface area contributed by atoms with Gasteiger partial charge in [-0.25, -0.2) is 4.79 Å². The molecule has 17 heteroatoms. The summed E-state index contributed by atoms with van der Waals surface area (Å²) in [4.78, 5) is 101. The van der Waals surface area contributed by atoms with Gasteiger partial charge in [0.1, 0.15) is 30.2 Å². The number of nitrogens with one attached hydrogen (secondary N) is 5. The number of aliphatic carboxylic acids is 1. The number of carboxylic acid groups (broad SMARTS) is 1. The highest BCUT2D eigenvalue weighted by atomic mass is 16.4. The number of carboxylic acids is 1. The highest BCUT2D eigenvalue weighted by Crippen LogP contribution is 2.11. The Labute approximate surface area is 294 Å². The number of carbonyl (C=O) groups is 8. The molecule has 0 spiro atoms. The van der Waals surface area contributed by atoms with Crippen LogP contribution in [-0.4, -0.2) is 89.2 Å². The van der Waals surface area contributed by atoms with Crippen LogP contribution >= 0.6 is 0 Å². The van der Waals surface area contributed by atoms with Crippen molar-refractivity contribution in [2.75, 3.05) is 6.54 Å². The van der Waals surface area contributed by atoms with Crippen LogP contribution in [0, 0.1) is 5.92 Å². The lowest BCUT2D eigenvalue weighted by molar-refractivity contribution is -0.144. The molecule has 0 radical (unpaired) electrons. The molecule has 5 atom stereocenters. The number of nitrogens with two attached hydrogens (primary N) is 3. The third-order valence-electron chi connectivity index (χ3n) is 7.43. The molecule has 0 aliphatic heterocycles. The summed E-state index contributed by atoms with van der Waals surface area (Å²) in [5.74, 6) is -7.93. The van der Waals surface area contributed by atoms with E-state index in [4.69, 9.17) is 17.2 Å². The fourth-order valence-electron chi connectivity index (χ4n) is 4.98. The Balaban J connectivity index is 2.37. The molecular formula is C34H46N8O9. The number of amides is 7. The van der Waals surface area contributed by atoms with Crippen molar-refractivity contribution in [1.82, 2.24) is 26.6 Å². The smallest absolute Gasteiger partial charge is 0.326 e. The van der Waals surface area contributed by atoms with E-state index >= 15 is 0 Å². The van der Waals surface area contributed by atoms with Crippen LogP contribution in [0.15, 0.2) is 60.7 Å². The predicted octanol–water partition coefficient (Wildman–Crippen LogP) is -2.26. The SMILES string of the molecule is CC(C)C[C@H](NC(=O)[C@H](Cc1ccccc1)NC(=O)[C@H](Cc1ccccc1)NC(=O)CN)C(=O)N[C@@H](CC(N)=O)C(=O)N[C@@H](CC(N)=O)C(=O)O. The first-order chi connectivity index (χ1) is 24.1. The molecule has 17 nitrogen and oxygen atoms in total.